The Morgan fingerprint density at radius 3 is 2.12 bits per heavy atom. The van der Waals surface area contributed by atoms with Gasteiger partial charge in [-0.05, 0) is 55.0 Å². The van der Waals surface area contributed by atoms with E-state index in [9.17, 15) is 4.79 Å². The fourth-order valence-electron chi connectivity index (χ4n) is 2.07. The standard InChI is InChI=1S/C20H21NO4/c1-2-3-4-13-23-17-9-11-18(12-10-17)24-15-20(22)25-19-7-5-16(14-21)6-8-19/h5-12H,2-4,13,15H2,1H3. The number of hydrogen-bond donors (Lipinski definition) is 0. The van der Waals surface area contributed by atoms with Crippen LogP contribution in [0.25, 0.3) is 0 Å². The van der Waals surface area contributed by atoms with Gasteiger partial charge in [0.15, 0.2) is 6.61 Å². The molecule has 0 bridgehead atoms. The highest BCUT2D eigenvalue weighted by atomic mass is 16.6. The lowest BCUT2D eigenvalue weighted by atomic mass is 10.2. The molecule has 0 spiro atoms. The van der Waals surface area contributed by atoms with Crippen LogP contribution in [0.5, 0.6) is 17.2 Å². The van der Waals surface area contributed by atoms with Crippen molar-refractivity contribution in [2.75, 3.05) is 13.2 Å². The molecule has 0 heterocycles. The number of nitrogens with zero attached hydrogens (tertiary/aromatic N) is 1. The number of carbonyl (C=O) groups excluding carboxylic acids is 1. The fraction of sp³-hybridized carbons (Fsp3) is 0.300. The highest BCUT2D eigenvalue weighted by Crippen LogP contribution is 2.18. The number of rotatable bonds is 9. The molecule has 0 aromatic heterocycles. The molecule has 5 heteroatoms. The lowest BCUT2D eigenvalue weighted by molar-refractivity contribution is -0.136. The molecule has 130 valence electrons. The van der Waals surface area contributed by atoms with E-state index in [1.165, 1.54) is 0 Å². The second-order valence-electron chi connectivity index (χ2n) is 5.43. The predicted octanol–water partition coefficient (Wildman–Crippen LogP) is 4.11. The molecule has 0 aliphatic rings. The summed E-state index contributed by atoms with van der Waals surface area (Å²) in [4.78, 5) is 11.8. The normalized spacial score (nSPS) is 9.92. The Morgan fingerprint density at radius 1 is 0.920 bits per heavy atom. The molecule has 0 fully saturated rings. The maximum Gasteiger partial charge on any atom is 0.349 e. The van der Waals surface area contributed by atoms with E-state index < -0.39 is 5.97 Å². The third kappa shape index (κ3) is 6.56. The lowest BCUT2D eigenvalue weighted by Crippen LogP contribution is -2.17. The molecule has 0 aliphatic carbocycles. The van der Waals surface area contributed by atoms with Crippen LogP contribution in [-0.4, -0.2) is 19.2 Å². The van der Waals surface area contributed by atoms with Gasteiger partial charge < -0.3 is 14.2 Å². The molecule has 0 atom stereocenters. The monoisotopic (exact) mass is 339 g/mol. The summed E-state index contributed by atoms with van der Waals surface area (Å²) in [5, 5.41) is 8.73. The van der Waals surface area contributed by atoms with Crippen molar-refractivity contribution in [3.8, 4) is 23.3 Å². The molecule has 2 aromatic rings. The molecular weight excluding hydrogens is 318 g/mol. The van der Waals surface area contributed by atoms with Crippen molar-refractivity contribution in [3.63, 3.8) is 0 Å². The summed E-state index contributed by atoms with van der Waals surface area (Å²) in [6, 6.07) is 15.4. The summed E-state index contributed by atoms with van der Waals surface area (Å²) in [5.74, 6) is 1.22. The first-order valence-electron chi connectivity index (χ1n) is 8.27. The van der Waals surface area contributed by atoms with E-state index in [1.54, 1.807) is 36.4 Å². The molecular formula is C20H21NO4. The van der Waals surface area contributed by atoms with Gasteiger partial charge in [-0.2, -0.15) is 5.26 Å². The molecule has 0 saturated carbocycles. The number of nitriles is 1. The van der Waals surface area contributed by atoms with Gasteiger partial charge in [-0.25, -0.2) is 4.79 Å². The summed E-state index contributed by atoms with van der Waals surface area (Å²) in [6.07, 6.45) is 3.35. The van der Waals surface area contributed by atoms with Crippen LogP contribution >= 0.6 is 0 Å². The fourth-order valence-corrected chi connectivity index (χ4v) is 2.07. The van der Waals surface area contributed by atoms with Crippen LogP contribution in [0.15, 0.2) is 48.5 Å². The van der Waals surface area contributed by atoms with E-state index in [0.29, 0.717) is 23.7 Å². The van der Waals surface area contributed by atoms with E-state index in [-0.39, 0.29) is 6.61 Å². The van der Waals surface area contributed by atoms with Crippen molar-refractivity contribution in [3.05, 3.63) is 54.1 Å². The SMILES string of the molecule is CCCCCOc1ccc(OCC(=O)Oc2ccc(C#N)cc2)cc1. The summed E-state index contributed by atoms with van der Waals surface area (Å²) in [5.41, 5.74) is 0.507. The van der Waals surface area contributed by atoms with Crippen LogP contribution in [0, 0.1) is 11.3 Å². The third-order valence-electron chi connectivity index (χ3n) is 3.41. The predicted molar refractivity (Wildman–Crippen MR) is 93.7 cm³/mol. The van der Waals surface area contributed by atoms with Gasteiger partial charge in [0.1, 0.15) is 17.2 Å². The minimum absolute atomic E-state index is 0.198. The Hall–Kier alpha value is -3.00. The largest absolute Gasteiger partial charge is 0.494 e. The van der Waals surface area contributed by atoms with Gasteiger partial charge in [0.25, 0.3) is 0 Å². The minimum Gasteiger partial charge on any atom is -0.494 e. The van der Waals surface area contributed by atoms with Crippen LogP contribution in [0.3, 0.4) is 0 Å². The first-order valence-corrected chi connectivity index (χ1v) is 8.27. The maximum atomic E-state index is 11.8. The van der Waals surface area contributed by atoms with Gasteiger partial charge in [0.05, 0.1) is 18.2 Å². The van der Waals surface area contributed by atoms with E-state index in [2.05, 4.69) is 6.92 Å². The molecule has 0 amide bonds. The van der Waals surface area contributed by atoms with Crippen molar-refractivity contribution in [2.24, 2.45) is 0 Å². The molecule has 0 radical (unpaired) electrons. The molecule has 2 rings (SSSR count). The molecule has 2 aromatic carbocycles. The maximum absolute atomic E-state index is 11.8. The Bertz CT molecular complexity index is 702. The van der Waals surface area contributed by atoms with Gasteiger partial charge >= 0.3 is 5.97 Å². The van der Waals surface area contributed by atoms with E-state index in [1.807, 2.05) is 18.2 Å². The van der Waals surface area contributed by atoms with Gasteiger partial charge in [-0.1, -0.05) is 19.8 Å². The van der Waals surface area contributed by atoms with Crippen LogP contribution in [0.4, 0.5) is 0 Å². The van der Waals surface area contributed by atoms with Gasteiger partial charge in [-0.15, -0.1) is 0 Å². The molecule has 0 N–H and O–H groups in total. The molecule has 25 heavy (non-hydrogen) atoms. The van der Waals surface area contributed by atoms with Crippen LogP contribution in [0.2, 0.25) is 0 Å². The van der Waals surface area contributed by atoms with Crippen molar-refractivity contribution < 1.29 is 19.0 Å². The summed E-state index contributed by atoms with van der Waals surface area (Å²) in [7, 11) is 0. The highest BCUT2D eigenvalue weighted by molar-refractivity contribution is 5.74. The average Bonchev–Trinajstić information content (AvgIpc) is 2.65. The van der Waals surface area contributed by atoms with Gasteiger partial charge in [-0.3, -0.25) is 0 Å². The number of hydrogen-bond acceptors (Lipinski definition) is 5. The number of carbonyl (C=O) groups is 1. The van der Waals surface area contributed by atoms with Gasteiger partial charge in [0, 0.05) is 0 Å². The summed E-state index contributed by atoms with van der Waals surface area (Å²) < 4.78 is 16.2. The Morgan fingerprint density at radius 2 is 1.52 bits per heavy atom. The van der Waals surface area contributed by atoms with Crippen molar-refractivity contribution in [1.82, 2.24) is 0 Å². The Balaban J connectivity index is 1.74. The first-order chi connectivity index (χ1) is 12.2. The average molecular weight is 339 g/mol. The van der Waals surface area contributed by atoms with Crippen molar-refractivity contribution in [2.45, 2.75) is 26.2 Å². The Labute approximate surface area is 147 Å². The van der Waals surface area contributed by atoms with Crippen LogP contribution < -0.4 is 14.2 Å². The smallest absolute Gasteiger partial charge is 0.349 e. The number of benzene rings is 2. The zero-order valence-corrected chi connectivity index (χ0v) is 14.2. The van der Waals surface area contributed by atoms with Crippen LogP contribution in [0.1, 0.15) is 31.7 Å². The summed E-state index contributed by atoms with van der Waals surface area (Å²) >= 11 is 0. The number of unbranched alkanes of at least 4 members (excludes halogenated alkanes) is 2. The zero-order valence-electron chi connectivity index (χ0n) is 14.2. The Kier molecular flexibility index (Phi) is 7.33. The highest BCUT2D eigenvalue weighted by Gasteiger charge is 2.06. The second-order valence-corrected chi connectivity index (χ2v) is 5.43. The van der Waals surface area contributed by atoms with E-state index in [0.717, 1.165) is 25.0 Å². The van der Waals surface area contributed by atoms with Gasteiger partial charge in [0.2, 0.25) is 0 Å². The van der Waals surface area contributed by atoms with Crippen molar-refractivity contribution in [1.29, 1.82) is 5.26 Å². The number of ether oxygens (including phenoxy) is 3. The van der Waals surface area contributed by atoms with Crippen molar-refractivity contribution >= 4 is 5.97 Å². The molecule has 0 unspecified atom stereocenters. The topological polar surface area (TPSA) is 68.6 Å². The molecule has 0 aliphatic heterocycles. The second kappa shape index (κ2) is 9.99. The number of esters is 1. The molecule has 5 nitrogen and oxygen atoms in total. The van der Waals surface area contributed by atoms with E-state index >= 15 is 0 Å². The minimum atomic E-state index is -0.510. The quantitative estimate of drug-likeness (QED) is 0.391. The summed E-state index contributed by atoms with van der Waals surface area (Å²) in [6.45, 7) is 2.65. The lowest BCUT2D eigenvalue weighted by Gasteiger charge is -2.09. The molecule has 0 saturated heterocycles. The van der Waals surface area contributed by atoms with Crippen LogP contribution in [-0.2, 0) is 4.79 Å². The van der Waals surface area contributed by atoms with E-state index in [4.69, 9.17) is 19.5 Å². The third-order valence-corrected chi connectivity index (χ3v) is 3.41. The zero-order chi connectivity index (χ0) is 17.9. The first kappa shape index (κ1) is 18.3.